The number of hydrogen-bond donors (Lipinski definition) is 1. The third kappa shape index (κ3) is 2.18. The molecule has 5 nitrogen and oxygen atoms in total. The molecule has 0 aliphatic carbocycles. The van der Waals surface area contributed by atoms with E-state index < -0.39 is 0 Å². The second-order valence-corrected chi connectivity index (χ2v) is 3.88. The Bertz CT molecular complexity index is 353. The second-order valence-electron chi connectivity index (χ2n) is 3.88. The Morgan fingerprint density at radius 2 is 2.27 bits per heavy atom. The number of nitrogens with zero attached hydrogens (tertiary/aromatic N) is 2. The van der Waals surface area contributed by atoms with Crippen LogP contribution >= 0.6 is 0 Å². The second kappa shape index (κ2) is 4.02. The lowest BCUT2D eigenvalue weighted by molar-refractivity contribution is 0.0708. The molecule has 1 fully saturated rings. The van der Waals surface area contributed by atoms with E-state index in [2.05, 4.69) is 4.98 Å². The SMILES string of the molecule is Cc1nc(C(=O)N2CCC(N)CC2)co1. The third-order valence-electron chi connectivity index (χ3n) is 2.66. The van der Waals surface area contributed by atoms with Crippen molar-refractivity contribution in [1.82, 2.24) is 9.88 Å². The predicted octanol–water partition coefficient (Wildman–Crippen LogP) is 0.546. The summed E-state index contributed by atoms with van der Waals surface area (Å²) in [5, 5.41) is 0. The topological polar surface area (TPSA) is 72.4 Å². The monoisotopic (exact) mass is 209 g/mol. The molecule has 2 N–H and O–H groups in total. The van der Waals surface area contributed by atoms with Crippen LogP contribution in [0.4, 0.5) is 0 Å². The van der Waals surface area contributed by atoms with Gasteiger partial charge in [-0.3, -0.25) is 4.79 Å². The fraction of sp³-hybridized carbons (Fsp3) is 0.600. The Morgan fingerprint density at radius 1 is 1.60 bits per heavy atom. The first-order valence-corrected chi connectivity index (χ1v) is 5.14. The van der Waals surface area contributed by atoms with E-state index in [1.54, 1.807) is 11.8 Å². The maximum absolute atomic E-state index is 11.9. The van der Waals surface area contributed by atoms with Crippen LogP contribution < -0.4 is 5.73 Å². The number of rotatable bonds is 1. The molecule has 2 rings (SSSR count). The summed E-state index contributed by atoms with van der Waals surface area (Å²) in [5.41, 5.74) is 6.16. The molecule has 0 atom stereocenters. The summed E-state index contributed by atoms with van der Waals surface area (Å²) in [6.45, 7) is 3.15. The number of likely N-dealkylation sites (tertiary alicyclic amines) is 1. The highest BCUT2D eigenvalue weighted by molar-refractivity contribution is 5.92. The highest BCUT2D eigenvalue weighted by Gasteiger charge is 2.23. The van der Waals surface area contributed by atoms with E-state index in [1.165, 1.54) is 6.26 Å². The van der Waals surface area contributed by atoms with E-state index in [-0.39, 0.29) is 11.9 Å². The van der Waals surface area contributed by atoms with Crippen LogP contribution in [0.1, 0.15) is 29.2 Å². The minimum atomic E-state index is -0.0567. The molecule has 15 heavy (non-hydrogen) atoms. The molecule has 0 aromatic carbocycles. The van der Waals surface area contributed by atoms with Crippen LogP contribution in [0.2, 0.25) is 0 Å². The van der Waals surface area contributed by atoms with Gasteiger partial charge in [0.1, 0.15) is 6.26 Å². The number of oxazole rings is 1. The van der Waals surface area contributed by atoms with Gasteiger partial charge in [-0.1, -0.05) is 0 Å². The van der Waals surface area contributed by atoms with Gasteiger partial charge in [0.25, 0.3) is 5.91 Å². The van der Waals surface area contributed by atoms with Gasteiger partial charge < -0.3 is 15.1 Å². The van der Waals surface area contributed by atoms with Crippen molar-refractivity contribution in [2.45, 2.75) is 25.8 Å². The number of nitrogens with two attached hydrogens (primary N) is 1. The van der Waals surface area contributed by atoms with Gasteiger partial charge in [-0.2, -0.15) is 0 Å². The van der Waals surface area contributed by atoms with E-state index in [0.717, 1.165) is 12.8 Å². The van der Waals surface area contributed by atoms with Gasteiger partial charge in [-0.05, 0) is 12.8 Å². The lowest BCUT2D eigenvalue weighted by atomic mass is 10.1. The number of carbonyl (C=O) groups excluding carboxylic acids is 1. The number of hydrogen-bond acceptors (Lipinski definition) is 4. The summed E-state index contributed by atoms with van der Waals surface area (Å²) in [6.07, 6.45) is 3.14. The average molecular weight is 209 g/mol. The fourth-order valence-electron chi connectivity index (χ4n) is 1.73. The highest BCUT2D eigenvalue weighted by Crippen LogP contribution is 2.12. The maximum Gasteiger partial charge on any atom is 0.275 e. The molecular formula is C10H15N3O2. The number of aryl methyl sites for hydroxylation is 1. The number of carbonyl (C=O) groups is 1. The predicted molar refractivity (Wildman–Crippen MR) is 54.4 cm³/mol. The molecule has 0 saturated carbocycles. The van der Waals surface area contributed by atoms with Crippen molar-refractivity contribution in [1.29, 1.82) is 0 Å². The zero-order valence-electron chi connectivity index (χ0n) is 8.77. The molecule has 0 radical (unpaired) electrons. The van der Waals surface area contributed by atoms with Gasteiger partial charge in [-0.15, -0.1) is 0 Å². The molecule has 0 spiro atoms. The summed E-state index contributed by atoms with van der Waals surface area (Å²) in [5.74, 6) is 0.464. The number of piperidine rings is 1. The molecule has 0 unspecified atom stereocenters. The van der Waals surface area contributed by atoms with Crippen LogP contribution in [0, 0.1) is 6.92 Å². The van der Waals surface area contributed by atoms with Gasteiger partial charge in [-0.25, -0.2) is 4.98 Å². The summed E-state index contributed by atoms with van der Waals surface area (Å²) in [6, 6.07) is 0.230. The molecule has 0 bridgehead atoms. The van der Waals surface area contributed by atoms with Crippen molar-refractivity contribution in [3.8, 4) is 0 Å². The Kier molecular flexibility index (Phi) is 2.73. The van der Waals surface area contributed by atoms with Gasteiger partial charge in [0, 0.05) is 26.1 Å². The van der Waals surface area contributed by atoms with Crippen LogP contribution in [0.15, 0.2) is 10.7 Å². The summed E-state index contributed by atoms with van der Waals surface area (Å²) in [4.78, 5) is 17.7. The quantitative estimate of drug-likeness (QED) is 0.733. The van der Waals surface area contributed by atoms with Crippen molar-refractivity contribution < 1.29 is 9.21 Å². The summed E-state index contributed by atoms with van der Waals surface area (Å²) < 4.78 is 5.01. The minimum absolute atomic E-state index is 0.0567. The van der Waals surface area contributed by atoms with Gasteiger partial charge in [0.2, 0.25) is 0 Å². The molecule has 2 heterocycles. The van der Waals surface area contributed by atoms with Crippen molar-refractivity contribution in [3.63, 3.8) is 0 Å². The van der Waals surface area contributed by atoms with E-state index in [9.17, 15) is 4.79 Å². The van der Waals surface area contributed by atoms with Crippen LogP contribution in [0.5, 0.6) is 0 Å². The first-order valence-electron chi connectivity index (χ1n) is 5.14. The zero-order valence-corrected chi connectivity index (χ0v) is 8.77. The molecule has 1 amide bonds. The van der Waals surface area contributed by atoms with Crippen LogP contribution in [-0.2, 0) is 0 Å². The zero-order chi connectivity index (χ0) is 10.8. The Morgan fingerprint density at radius 3 is 2.80 bits per heavy atom. The summed E-state index contributed by atoms with van der Waals surface area (Å²) in [7, 11) is 0. The van der Waals surface area contributed by atoms with E-state index in [1.807, 2.05) is 0 Å². The average Bonchev–Trinajstić information content (AvgIpc) is 2.65. The van der Waals surface area contributed by atoms with Crippen molar-refractivity contribution in [2.24, 2.45) is 5.73 Å². The van der Waals surface area contributed by atoms with Gasteiger partial charge in [0.15, 0.2) is 11.6 Å². The summed E-state index contributed by atoms with van der Waals surface area (Å²) >= 11 is 0. The largest absolute Gasteiger partial charge is 0.448 e. The van der Waals surface area contributed by atoms with E-state index in [4.69, 9.17) is 10.2 Å². The smallest absolute Gasteiger partial charge is 0.275 e. The van der Waals surface area contributed by atoms with Gasteiger partial charge in [0.05, 0.1) is 0 Å². The third-order valence-corrected chi connectivity index (χ3v) is 2.66. The molecule has 1 aromatic rings. The lowest BCUT2D eigenvalue weighted by Crippen LogP contribution is -2.42. The van der Waals surface area contributed by atoms with Crippen molar-refractivity contribution >= 4 is 5.91 Å². The first-order chi connectivity index (χ1) is 7.16. The fourth-order valence-corrected chi connectivity index (χ4v) is 1.73. The van der Waals surface area contributed by atoms with Crippen LogP contribution in [0.3, 0.4) is 0 Å². The van der Waals surface area contributed by atoms with Crippen LogP contribution in [0.25, 0.3) is 0 Å². The number of amides is 1. The van der Waals surface area contributed by atoms with E-state index >= 15 is 0 Å². The minimum Gasteiger partial charge on any atom is -0.448 e. The standard InChI is InChI=1S/C10H15N3O2/c1-7-12-9(6-15-7)10(14)13-4-2-8(11)3-5-13/h6,8H,2-5,11H2,1H3. The Labute approximate surface area is 88.3 Å². The molecule has 82 valence electrons. The Hall–Kier alpha value is -1.36. The molecule has 1 aliphatic heterocycles. The molecule has 1 aliphatic rings. The first kappa shape index (κ1) is 10.2. The molecular weight excluding hydrogens is 194 g/mol. The van der Waals surface area contributed by atoms with Crippen molar-refractivity contribution in [2.75, 3.05) is 13.1 Å². The molecule has 1 saturated heterocycles. The normalized spacial score (nSPS) is 18.1. The van der Waals surface area contributed by atoms with Crippen molar-refractivity contribution in [3.05, 3.63) is 17.8 Å². The number of aromatic nitrogens is 1. The Balaban J connectivity index is 2.02. The molecule has 5 heteroatoms. The molecule has 1 aromatic heterocycles. The maximum atomic E-state index is 11.9. The highest BCUT2D eigenvalue weighted by atomic mass is 16.3. The van der Waals surface area contributed by atoms with Crippen LogP contribution in [-0.4, -0.2) is 34.9 Å². The van der Waals surface area contributed by atoms with E-state index in [0.29, 0.717) is 24.7 Å². The lowest BCUT2D eigenvalue weighted by Gasteiger charge is -2.29. The van der Waals surface area contributed by atoms with Gasteiger partial charge >= 0.3 is 0 Å².